The summed E-state index contributed by atoms with van der Waals surface area (Å²) < 4.78 is 0. The number of nitrogens with one attached hydrogen (secondary N) is 2. The minimum absolute atomic E-state index is 0.150. The third-order valence-corrected chi connectivity index (χ3v) is 4.18. The second-order valence-corrected chi connectivity index (χ2v) is 5.77. The SMILES string of the molecule is O=C(O)CC1(CNC(=O)NN2CCCCC2)CCC1. The van der Waals surface area contributed by atoms with Crippen molar-refractivity contribution in [2.24, 2.45) is 5.41 Å². The van der Waals surface area contributed by atoms with E-state index in [0.717, 1.165) is 45.2 Å². The first-order valence-electron chi connectivity index (χ1n) is 7.11. The number of rotatable bonds is 5. The standard InChI is InChI=1S/C13H23N3O3/c17-11(18)9-13(5-4-6-13)10-14-12(19)15-16-7-2-1-3-8-16/h1-10H2,(H,17,18)(H2,14,15,19). The monoisotopic (exact) mass is 269 g/mol. The highest BCUT2D eigenvalue weighted by Crippen LogP contribution is 2.43. The lowest BCUT2D eigenvalue weighted by atomic mass is 9.66. The summed E-state index contributed by atoms with van der Waals surface area (Å²) in [5, 5.41) is 13.7. The minimum atomic E-state index is -0.780. The second kappa shape index (κ2) is 6.23. The Hall–Kier alpha value is -1.30. The quantitative estimate of drug-likeness (QED) is 0.703. The van der Waals surface area contributed by atoms with Crippen molar-refractivity contribution in [3.63, 3.8) is 0 Å². The molecule has 0 unspecified atom stereocenters. The van der Waals surface area contributed by atoms with Gasteiger partial charge in [0.1, 0.15) is 0 Å². The lowest BCUT2D eigenvalue weighted by Gasteiger charge is -2.41. The number of hydrogen-bond donors (Lipinski definition) is 3. The molecule has 2 amide bonds. The van der Waals surface area contributed by atoms with E-state index in [1.807, 2.05) is 5.01 Å². The molecule has 1 heterocycles. The van der Waals surface area contributed by atoms with Crippen molar-refractivity contribution in [2.45, 2.75) is 44.9 Å². The number of carbonyl (C=O) groups excluding carboxylic acids is 1. The molecule has 3 N–H and O–H groups in total. The highest BCUT2D eigenvalue weighted by Gasteiger charge is 2.39. The maximum Gasteiger partial charge on any atom is 0.329 e. The van der Waals surface area contributed by atoms with Crippen LogP contribution in [-0.4, -0.2) is 41.8 Å². The van der Waals surface area contributed by atoms with Gasteiger partial charge in [0, 0.05) is 19.6 Å². The van der Waals surface area contributed by atoms with E-state index in [9.17, 15) is 9.59 Å². The van der Waals surface area contributed by atoms with E-state index >= 15 is 0 Å². The predicted molar refractivity (Wildman–Crippen MR) is 70.5 cm³/mol. The highest BCUT2D eigenvalue weighted by molar-refractivity contribution is 5.73. The van der Waals surface area contributed by atoms with Crippen LogP contribution in [0.25, 0.3) is 0 Å². The number of nitrogens with zero attached hydrogens (tertiary/aromatic N) is 1. The van der Waals surface area contributed by atoms with Crippen LogP contribution in [0, 0.1) is 5.41 Å². The van der Waals surface area contributed by atoms with Crippen LogP contribution in [-0.2, 0) is 4.79 Å². The number of carbonyl (C=O) groups is 2. The third-order valence-electron chi connectivity index (χ3n) is 4.18. The fourth-order valence-electron chi connectivity index (χ4n) is 2.87. The largest absolute Gasteiger partial charge is 0.481 e. The van der Waals surface area contributed by atoms with Gasteiger partial charge in [-0.25, -0.2) is 9.80 Å². The summed E-state index contributed by atoms with van der Waals surface area (Å²) in [6.45, 7) is 2.25. The van der Waals surface area contributed by atoms with Gasteiger partial charge in [-0.3, -0.25) is 10.2 Å². The average Bonchev–Trinajstić information content (AvgIpc) is 2.33. The van der Waals surface area contributed by atoms with Gasteiger partial charge in [0.2, 0.25) is 0 Å². The summed E-state index contributed by atoms with van der Waals surface area (Å²) >= 11 is 0. The summed E-state index contributed by atoms with van der Waals surface area (Å²) in [5.41, 5.74) is 2.61. The van der Waals surface area contributed by atoms with Gasteiger partial charge in [-0.2, -0.15) is 0 Å². The Labute approximate surface area is 113 Å². The molecule has 1 aliphatic carbocycles. The number of hydrogen-bond acceptors (Lipinski definition) is 3. The average molecular weight is 269 g/mol. The van der Waals surface area contributed by atoms with Crippen LogP contribution in [0.5, 0.6) is 0 Å². The summed E-state index contributed by atoms with van der Waals surface area (Å²) in [6.07, 6.45) is 6.44. The van der Waals surface area contributed by atoms with Gasteiger partial charge in [-0.05, 0) is 31.1 Å². The number of amides is 2. The van der Waals surface area contributed by atoms with Crippen LogP contribution in [0.1, 0.15) is 44.9 Å². The first-order chi connectivity index (χ1) is 9.10. The molecule has 1 saturated heterocycles. The molecular weight excluding hydrogens is 246 g/mol. The van der Waals surface area contributed by atoms with Crippen LogP contribution in [0.2, 0.25) is 0 Å². The number of hydrazine groups is 1. The van der Waals surface area contributed by atoms with Crippen molar-refractivity contribution >= 4 is 12.0 Å². The molecule has 6 heteroatoms. The molecule has 19 heavy (non-hydrogen) atoms. The van der Waals surface area contributed by atoms with Gasteiger partial charge in [0.25, 0.3) is 0 Å². The molecule has 0 spiro atoms. The van der Waals surface area contributed by atoms with Gasteiger partial charge in [0.15, 0.2) is 0 Å². The lowest BCUT2D eigenvalue weighted by Crippen LogP contribution is -2.52. The summed E-state index contributed by atoms with van der Waals surface area (Å²) in [4.78, 5) is 22.6. The van der Waals surface area contributed by atoms with E-state index < -0.39 is 5.97 Å². The topological polar surface area (TPSA) is 81.7 Å². The normalized spacial score (nSPS) is 22.3. The van der Waals surface area contributed by atoms with Gasteiger partial charge >= 0.3 is 12.0 Å². The Morgan fingerprint density at radius 3 is 2.32 bits per heavy atom. The van der Waals surface area contributed by atoms with Crippen LogP contribution < -0.4 is 10.7 Å². The number of urea groups is 1. The van der Waals surface area contributed by atoms with Crippen molar-refractivity contribution in [3.05, 3.63) is 0 Å². The molecule has 1 aliphatic heterocycles. The zero-order valence-corrected chi connectivity index (χ0v) is 11.3. The number of aliphatic carboxylic acids is 1. The molecule has 0 bridgehead atoms. The molecule has 2 rings (SSSR count). The van der Waals surface area contributed by atoms with Crippen LogP contribution >= 0.6 is 0 Å². The van der Waals surface area contributed by atoms with Crippen LogP contribution in [0.4, 0.5) is 4.79 Å². The van der Waals surface area contributed by atoms with Gasteiger partial charge in [0.05, 0.1) is 6.42 Å². The zero-order chi connectivity index (χ0) is 13.7. The minimum Gasteiger partial charge on any atom is -0.481 e. The van der Waals surface area contributed by atoms with Crippen molar-refractivity contribution in [3.8, 4) is 0 Å². The first kappa shape index (κ1) is 14.1. The molecule has 2 aliphatic rings. The summed E-state index contributed by atoms with van der Waals surface area (Å²) in [6, 6.07) is -0.210. The number of carboxylic acids is 1. The molecule has 0 aromatic heterocycles. The van der Waals surface area contributed by atoms with E-state index in [1.165, 1.54) is 6.42 Å². The van der Waals surface area contributed by atoms with Gasteiger partial charge in [-0.15, -0.1) is 0 Å². The van der Waals surface area contributed by atoms with E-state index in [4.69, 9.17) is 5.11 Å². The van der Waals surface area contributed by atoms with Crippen molar-refractivity contribution in [2.75, 3.05) is 19.6 Å². The molecule has 0 atom stereocenters. The maximum atomic E-state index is 11.8. The smallest absolute Gasteiger partial charge is 0.329 e. The van der Waals surface area contributed by atoms with E-state index in [2.05, 4.69) is 10.7 Å². The molecular formula is C13H23N3O3. The Bertz CT molecular complexity index is 336. The molecule has 0 radical (unpaired) electrons. The Morgan fingerprint density at radius 2 is 1.79 bits per heavy atom. The molecule has 0 aromatic carbocycles. The van der Waals surface area contributed by atoms with E-state index in [0.29, 0.717) is 6.54 Å². The first-order valence-corrected chi connectivity index (χ1v) is 7.11. The van der Waals surface area contributed by atoms with Gasteiger partial charge in [-0.1, -0.05) is 12.8 Å². The number of piperidine rings is 1. The van der Waals surface area contributed by atoms with Crippen molar-refractivity contribution < 1.29 is 14.7 Å². The molecule has 0 aromatic rings. The Balaban J connectivity index is 1.71. The van der Waals surface area contributed by atoms with E-state index in [1.54, 1.807) is 0 Å². The summed E-state index contributed by atoms with van der Waals surface area (Å²) in [7, 11) is 0. The number of carboxylic acid groups (broad SMARTS) is 1. The van der Waals surface area contributed by atoms with Crippen molar-refractivity contribution in [1.82, 2.24) is 15.8 Å². The van der Waals surface area contributed by atoms with Crippen LogP contribution in [0.15, 0.2) is 0 Å². The summed E-state index contributed by atoms with van der Waals surface area (Å²) in [5.74, 6) is -0.780. The van der Waals surface area contributed by atoms with E-state index in [-0.39, 0.29) is 17.9 Å². The van der Waals surface area contributed by atoms with Gasteiger partial charge < -0.3 is 10.4 Å². The van der Waals surface area contributed by atoms with Crippen LogP contribution in [0.3, 0.4) is 0 Å². The molecule has 108 valence electrons. The van der Waals surface area contributed by atoms with Crippen molar-refractivity contribution in [1.29, 1.82) is 0 Å². The fraction of sp³-hybridized carbons (Fsp3) is 0.846. The zero-order valence-electron chi connectivity index (χ0n) is 11.3. The molecule has 6 nitrogen and oxygen atoms in total. The fourth-order valence-corrected chi connectivity index (χ4v) is 2.87. The third kappa shape index (κ3) is 4.09. The Morgan fingerprint density at radius 1 is 1.11 bits per heavy atom. The Kier molecular flexibility index (Phi) is 4.63. The highest BCUT2D eigenvalue weighted by atomic mass is 16.4. The lowest BCUT2D eigenvalue weighted by molar-refractivity contribution is -0.141. The molecule has 2 fully saturated rings. The molecule has 1 saturated carbocycles. The maximum absolute atomic E-state index is 11.8. The predicted octanol–water partition coefficient (Wildman–Crippen LogP) is 1.33. The second-order valence-electron chi connectivity index (χ2n) is 5.77.